The molecule has 1 heterocycles. The summed E-state index contributed by atoms with van der Waals surface area (Å²) in [7, 11) is 0. The summed E-state index contributed by atoms with van der Waals surface area (Å²) in [6, 6.07) is 19.3. The zero-order chi connectivity index (χ0) is 15.4. The van der Waals surface area contributed by atoms with E-state index in [2.05, 4.69) is 65.3 Å². The molecule has 2 aromatic rings. The van der Waals surface area contributed by atoms with Gasteiger partial charge in [-0.25, -0.2) is 0 Å². The van der Waals surface area contributed by atoms with Crippen molar-refractivity contribution in [3.63, 3.8) is 0 Å². The van der Waals surface area contributed by atoms with Crippen LogP contribution in [-0.2, 0) is 0 Å². The second-order valence-corrected chi connectivity index (χ2v) is 6.14. The van der Waals surface area contributed by atoms with Crippen LogP contribution in [0, 0.1) is 6.92 Å². The first kappa shape index (κ1) is 15.1. The van der Waals surface area contributed by atoms with E-state index >= 15 is 0 Å². The van der Waals surface area contributed by atoms with Crippen LogP contribution in [0.4, 0.5) is 5.69 Å². The van der Waals surface area contributed by atoms with Crippen molar-refractivity contribution in [3.05, 3.63) is 65.7 Å². The summed E-state index contributed by atoms with van der Waals surface area (Å²) in [5.74, 6) is 0. The average Bonchev–Trinajstić information content (AvgIpc) is 2.56. The normalized spacial score (nSPS) is 17.5. The first-order chi connectivity index (χ1) is 10.7. The summed E-state index contributed by atoms with van der Waals surface area (Å²) in [5, 5.41) is 0. The van der Waals surface area contributed by atoms with Crippen LogP contribution in [-0.4, -0.2) is 37.6 Å². The molecule has 0 spiro atoms. The number of hydrogen-bond donors (Lipinski definition) is 1. The molecule has 0 radical (unpaired) electrons. The molecule has 3 heteroatoms. The number of aryl methyl sites for hydroxylation is 1. The summed E-state index contributed by atoms with van der Waals surface area (Å²) < 4.78 is 0. The molecule has 116 valence electrons. The molecule has 1 fully saturated rings. The van der Waals surface area contributed by atoms with Crippen molar-refractivity contribution < 1.29 is 0 Å². The first-order valence-electron chi connectivity index (χ1n) is 8.07. The standard InChI is InChI=1S/C19H25N3/c1-16-6-5-9-18(14-16)22-12-10-21(11-13-22)15-19(20)17-7-3-2-4-8-17/h2-9,14,19H,10-13,15,20H2,1H3/t19-/m1/s1. The maximum absolute atomic E-state index is 6.34. The minimum Gasteiger partial charge on any atom is -0.369 e. The van der Waals surface area contributed by atoms with Gasteiger partial charge in [0, 0.05) is 44.5 Å². The van der Waals surface area contributed by atoms with Gasteiger partial charge in [-0.3, -0.25) is 4.90 Å². The zero-order valence-electron chi connectivity index (χ0n) is 13.3. The molecule has 1 atom stereocenters. The molecule has 1 saturated heterocycles. The number of hydrogen-bond acceptors (Lipinski definition) is 3. The van der Waals surface area contributed by atoms with E-state index < -0.39 is 0 Å². The number of nitrogens with zero attached hydrogens (tertiary/aromatic N) is 2. The molecule has 0 bridgehead atoms. The molecule has 1 aliphatic heterocycles. The van der Waals surface area contributed by atoms with Crippen molar-refractivity contribution >= 4 is 5.69 Å². The number of rotatable bonds is 4. The highest BCUT2D eigenvalue weighted by Gasteiger charge is 2.19. The van der Waals surface area contributed by atoms with Crippen LogP contribution in [0.15, 0.2) is 54.6 Å². The summed E-state index contributed by atoms with van der Waals surface area (Å²) >= 11 is 0. The van der Waals surface area contributed by atoms with Gasteiger partial charge in [-0.05, 0) is 30.2 Å². The van der Waals surface area contributed by atoms with Crippen LogP contribution in [0.2, 0.25) is 0 Å². The Hall–Kier alpha value is -1.84. The molecule has 22 heavy (non-hydrogen) atoms. The minimum atomic E-state index is 0.103. The van der Waals surface area contributed by atoms with Crippen molar-refractivity contribution in [1.29, 1.82) is 0 Å². The second kappa shape index (κ2) is 6.95. The van der Waals surface area contributed by atoms with Crippen LogP contribution in [0.3, 0.4) is 0 Å². The van der Waals surface area contributed by atoms with Gasteiger partial charge < -0.3 is 10.6 Å². The molecule has 0 unspecified atom stereocenters. The molecule has 0 amide bonds. The third-order valence-corrected chi connectivity index (χ3v) is 4.42. The molecular formula is C19H25N3. The van der Waals surface area contributed by atoms with Crippen LogP contribution >= 0.6 is 0 Å². The first-order valence-corrected chi connectivity index (χ1v) is 8.07. The van der Waals surface area contributed by atoms with Crippen LogP contribution in [0.1, 0.15) is 17.2 Å². The minimum absolute atomic E-state index is 0.103. The Kier molecular flexibility index (Phi) is 4.76. The van der Waals surface area contributed by atoms with Crippen molar-refractivity contribution in [2.24, 2.45) is 5.73 Å². The lowest BCUT2D eigenvalue weighted by Crippen LogP contribution is -2.48. The van der Waals surface area contributed by atoms with Gasteiger partial charge in [0.1, 0.15) is 0 Å². The van der Waals surface area contributed by atoms with Gasteiger partial charge in [0.2, 0.25) is 0 Å². The number of benzene rings is 2. The SMILES string of the molecule is Cc1cccc(N2CCN(C[C@@H](N)c3ccccc3)CC2)c1. The van der Waals surface area contributed by atoms with E-state index in [1.54, 1.807) is 0 Å². The van der Waals surface area contributed by atoms with E-state index in [9.17, 15) is 0 Å². The van der Waals surface area contributed by atoms with Crippen molar-refractivity contribution in [3.8, 4) is 0 Å². The van der Waals surface area contributed by atoms with E-state index in [-0.39, 0.29) is 6.04 Å². The van der Waals surface area contributed by atoms with Crippen molar-refractivity contribution in [2.45, 2.75) is 13.0 Å². The number of nitrogens with two attached hydrogens (primary N) is 1. The largest absolute Gasteiger partial charge is 0.369 e. The van der Waals surface area contributed by atoms with Gasteiger partial charge in [-0.15, -0.1) is 0 Å². The molecule has 3 nitrogen and oxygen atoms in total. The molecule has 3 rings (SSSR count). The Morgan fingerprint density at radius 3 is 2.36 bits per heavy atom. The Morgan fingerprint density at radius 1 is 0.955 bits per heavy atom. The Labute approximate surface area is 133 Å². The lowest BCUT2D eigenvalue weighted by molar-refractivity contribution is 0.243. The molecule has 0 aliphatic carbocycles. The summed E-state index contributed by atoms with van der Waals surface area (Å²) in [6.07, 6.45) is 0. The summed E-state index contributed by atoms with van der Waals surface area (Å²) in [5.41, 5.74) is 10.2. The Balaban J connectivity index is 1.54. The van der Waals surface area contributed by atoms with E-state index in [0.29, 0.717) is 0 Å². The predicted molar refractivity (Wildman–Crippen MR) is 93.2 cm³/mol. The van der Waals surface area contributed by atoms with Crippen LogP contribution in [0.5, 0.6) is 0 Å². The highest BCUT2D eigenvalue weighted by Crippen LogP contribution is 2.19. The maximum Gasteiger partial charge on any atom is 0.0424 e. The average molecular weight is 295 g/mol. The third-order valence-electron chi connectivity index (χ3n) is 4.42. The quantitative estimate of drug-likeness (QED) is 0.941. The highest BCUT2D eigenvalue weighted by molar-refractivity contribution is 5.48. The zero-order valence-corrected chi connectivity index (χ0v) is 13.3. The van der Waals surface area contributed by atoms with E-state index in [4.69, 9.17) is 5.73 Å². The fraction of sp³-hybridized carbons (Fsp3) is 0.368. The van der Waals surface area contributed by atoms with Gasteiger partial charge in [-0.2, -0.15) is 0 Å². The van der Waals surface area contributed by atoms with Gasteiger partial charge in [0.25, 0.3) is 0 Å². The van der Waals surface area contributed by atoms with E-state index in [1.165, 1.54) is 16.8 Å². The lowest BCUT2D eigenvalue weighted by Gasteiger charge is -2.37. The van der Waals surface area contributed by atoms with Crippen LogP contribution < -0.4 is 10.6 Å². The topological polar surface area (TPSA) is 32.5 Å². The smallest absolute Gasteiger partial charge is 0.0424 e. The van der Waals surface area contributed by atoms with Crippen molar-refractivity contribution in [1.82, 2.24) is 4.90 Å². The molecule has 2 aromatic carbocycles. The van der Waals surface area contributed by atoms with E-state index in [1.807, 2.05) is 6.07 Å². The van der Waals surface area contributed by atoms with Gasteiger partial charge >= 0.3 is 0 Å². The predicted octanol–water partition coefficient (Wildman–Crippen LogP) is 2.82. The Bertz CT molecular complexity index is 589. The molecule has 0 saturated carbocycles. The fourth-order valence-electron chi connectivity index (χ4n) is 3.10. The lowest BCUT2D eigenvalue weighted by atomic mass is 10.1. The van der Waals surface area contributed by atoms with Gasteiger partial charge in [-0.1, -0.05) is 42.5 Å². The fourth-order valence-corrected chi connectivity index (χ4v) is 3.10. The highest BCUT2D eigenvalue weighted by atomic mass is 15.3. The Morgan fingerprint density at radius 2 is 1.68 bits per heavy atom. The number of piperazine rings is 1. The summed E-state index contributed by atoms with van der Waals surface area (Å²) in [6.45, 7) is 7.39. The van der Waals surface area contributed by atoms with Crippen molar-refractivity contribution in [2.75, 3.05) is 37.6 Å². The number of anilines is 1. The monoisotopic (exact) mass is 295 g/mol. The van der Waals surface area contributed by atoms with Gasteiger partial charge in [0.15, 0.2) is 0 Å². The summed E-state index contributed by atoms with van der Waals surface area (Å²) in [4.78, 5) is 4.95. The molecule has 1 aliphatic rings. The van der Waals surface area contributed by atoms with Gasteiger partial charge in [0.05, 0.1) is 0 Å². The molecular weight excluding hydrogens is 270 g/mol. The van der Waals surface area contributed by atoms with Crippen LogP contribution in [0.25, 0.3) is 0 Å². The molecule has 2 N–H and O–H groups in total. The molecule has 0 aromatic heterocycles. The second-order valence-electron chi connectivity index (χ2n) is 6.14. The van der Waals surface area contributed by atoms with E-state index in [0.717, 1.165) is 32.7 Å². The maximum atomic E-state index is 6.34. The third kappa shape index (κ3) is 3.67.